The van der Waals surface area contributed by atoms with Crippen LogP contribution in [0.1, 0.15) is 55.8 Å². The number of rotatable bonds is 5. The molecule has 1 N–H and O–H groups in total. The van der Waals surface area contributed by atoms with Gasteiger partial charge in [-0.3, -0.25) is 4.79 Å². The number of hydrogen-bond donors (Lipinski definition) is 1. The molecule has 1 unspecified atom stereocenters. The normalized spacial score (nSPS) is 29.8. The molecule has 0 bridgehead atoms. The monoisotopic (exact) mass is 458 g/mol. The van der Waals surface area contributed by atoms with E-state index < -0.39 is 20.9 Å². The summed E-state index contributed by atoms with van der Waals surface area (Å²) >= 11 is 0. The lowest BCUT2D eigenvalue weighted by atomic mass is 9.77. The Labute approximate surface area is 188 Å². The molecule has 2 aliphatic carbocycles. The number of aromatic nitrogens is 2. The molecule has 2 heterocycles. The summed E-state index contributed by atoms with van der Waals surface area (Å²) in [6.07, 6.45) is 6.34. The van der Waals surface area contributed by atoms with Gasteiger partial charge in [0.2, 0.25) is 21.8 Å². The lowest BCUT2D eigenvalue weighted by Gasteiger charge is -2.31. The minimum Gasteiger partial charge on any atom is -0.353 e. The topological polar surface area (TPSA) is 105 Å². The van der Waals surface area contributed by atoms with Crippen molar-refractivity contribution in [1.29, 1.82) is 0 Å². The average Bonchev–Trinajstić information content (AvgIpc) is 3.50. The summed E-state index contributed by atoms with van der Waals surface area (Å²) in [4.78, 5) is 18.1. The van der Waals surface area contributed by atoms with Crippen molar-refractivity contribution in [1.82, 2.24) is 19.8 Å². The van der Waals surface area contributed by atoms with Crippen LogP contribution < -0.4 is 5.32 Å². The summed E-state index contributed by atoms with van der Waals surface area (Å²) < 4.78 is 31.6. The third kappa shape index (κ3) is 3.46. The molecular formula is C23H30N4O4S. The Morgan fingerprint density at radius 2 is 1.94 bits per heavy atom. The van der Waals surface area contributed by atoms with E-state index in [0.717, 1.165) is 31.2 Å². The van der Waals surface area contributed by atoms with Crippen molar-refractivity contribution in [2.45, 2.75) is 62.3 Å². The Balaban J connectivity index is 1.40. The van der Waals surface area contributed by atoms with Gasteiger partial charge < -0.3 is 9.84 Å². The van der Waals surface area contributed by atoms with Gasteiger partial charge in [0.25, 0.3) is 0 Å². The zero-order valence-corrected chi connectivity index (χ0v) is 19.4. The van der Waals surface area contributed by atoms with Crippen LogP contribution in [0.3, 0.4) is 0 Å². The highest BCUT2D eigenvalue weighted by Crippen LogP contribution is 2.51. The average molecular weight is 459 g/mol. The van der Waals surface area contributed by atoms with Crippen molar-refractivity contribution in [3.05, 3.63) is 47.6 Å². The van der Waals surface area contributed by atoms with Gasteiger partial charge in [-0.1, -0.05) is 48.3 Å². The largest absolute Gasteiger partial charge is 0.353 e. The standard InChI is InChI=1S/C23H30N4O4S/c1-16-24-21(31-26-16)23-13-19(12-18(23)14-27(15-23)32(2,29)30)25-20(28)22(10-6-7-11-22)17-8-4-3-5-9-17/h3-5,8-9,18-19H,6-7,10-15H2,1-2H3,(H,25,28)/t18?,19-,23+/m1/s1. The minimum atomic E-state index is -3.33. The van der Waals surface area contributed by atoms with Crippen LogP contribution in [0.2, 0.25) is 0 Å². The lowest BCUT2D eigenvalue weighted by Crippen LogP contribution is -2.47. The molecule has 9 heteroatoms. The number of carbonyl (C=O) groups excluding carboxylic acids is 1. The highest BCUT2D eigenvalue weighted by Gasteiger charge is 2.59. The van der Waals surface area contributed by atoms with Crippen molar-refractivity contribution in [3.8, 4) is 0 Å². The lowest BCUT2D eigenvalue weighted by molar-refractivity contribution is -0.127. The van der Waals surface area contributed by atoms with Gasteiger partial charge >= 0.3 is 0 Å². The van der Waals surface area contributed by atoms with Crippen LogP contribution in [0.15, 0.2) is 34.9 Å². The maximum atomic E-state index is 13.6. The van der Waals surface area contributed by atoms with Gasteiger partial charge in [-0.15, -0.1) is 0 Å². The van der Waals surface area contributed by atoms with Crippen LogP contribution >= 0.6 is 0 Å². The number of benzene rings is 1. The van der Waals surface area contributed by atoms with Gasteiger partial charge in [-0.2, -0.15) is 4.98 Å². The van der Waals surface area contributed by atoms with Crippen LogP contribution in [-0.4, -0.2) is 54.2 Å². The van der Waals surface area contributed by atoms with Crippen LogP contribution in [0.5, 0.6) is 0 Å². The quantitative estimate of drug-likeness (QED) is 0.737. The first kappa shape index (κ1) is 21.6. The van der Waals surface area contributed by atoms with Gasteiger partial charge in [0, 0.05) is 19.1 Å². The minimum absolute atomic E-state index is 0.0265. The highest BCUT2D eigenvalue weighted by molar-refractivity contribution is 7.88. The van der Waals surface area contributed by atoms with Crippen molar-refractivity contribution >= 4 is 15.9 Å². The van der Waals surface area contributed by atoms with E-state index in [1.807, 2.05) is 18.2 Å². The number of fused-ring (bicyclic) bond motifs is 1. The van der Waals surface area contributed by atoms with Crippen molar-refractivity contribution in [2.75, 3.05) is 19.3 Å². The zero-order valence-electron chi connectivity index (χ0n) is 18.6. The molecule has 1 aliphatic heterocycles. The highest BCUT2D eigenvalue weighted by atomic mass is 32.2. The van der Waals surface area contributed by atoms with Gasteiger partial charge in [0.05, 0.1) is 17.1 Å². The fourth-order valence-electron chi connectivity index (χ4n) is 6.22. The molecule has 0 spiro atoms. The van der Waals surface area contributed by atoms with Crippen LogP contribution in [-0.2, 0) is 25.6 Å². The number of nitrogens with one attached hydrogen (secondary N) is 1. The van der Waals surface area contributed by atoms with Crippen LogP contribution in [0.25, 0.3) is 0 Å². The maximum absolute atomic E-state index is 13.6. The predicted octanol–water partition coefficient (Wildman–Crippen LogP) is 2.30. The molecule has 3 atom stereocenters. The van der Waals surface area contributed by atoms with Crippen molar-refractivity contribution in [2.24, 2.45) is 5.92 Å². The molecule has 32 heavy (non-hydrogen) atoms. The molecule has 5 rings (SSSR count). The van der Waals surface area contributed by atoms with Gasteiger partial charge in [0.1, 0.15) is 0 Å². The fourth-order valence-corrected chi connectivity index (χ4v) is 7.14. The molecule has 1 amide bonds. The predicted molar refractivity (Wildman–Crippen MR) is 118 cm³/mol. The summed E-state index contributed by atoms with van der Waals surface area (Å²) in [7, 11) is -3.33. The molecule has 0 radical (unpaired) electrons. The van der Waals surface area contributed by atoms with Crippen molar-refractivity contribution < 1.29 is 17.7 Å². The molecule has 8 nitrogen and oxygen atoms in total. The van der Waals surface area contributed by atoms with E-state index in [9.17, 15) is 13.2 Å². The Morgan fingerprint density at radius 1 is 1.22 bits per heavy atom. The molecule has 1 aromatic carbocycles. The molecular weight excluding hydrogens is 428 g/mol. The second kappa shape index (κ2) is 7.66. The molecule has 3 fully saturated rings. The molecule has 1 aromatic heterocycles. The summed E-state index contributed by atoms with van der Waals surface area (Å²) in [5.74, 6) is 1.13. The van der Waals surface area contributed by atoms with Gasteiger partial charge in [-0.25, -0.2) is 12.7 Å². The SMILES string of the molecule is Cc1noc([C@]23C[C@H](NC(=O)C4(c5ccccc5)CCCC4)CC2CN(S(C)(=O)=O)C3)n1. The summed E-state index contributed by atoms with van der Waals surface area (Å²) in [5.41, 5.74) is 0.0443. The maximum Gasteiger partial charge on any atom is 0.234 e. The first-order valence-corrected chi connectivity index (χ1v) is 13.2. The van der Waals surface area contributed by atoms with E-state index in [1.165, 1.54) is 10.6 Å². The van der Waals surface area contributed by atoms with E-state index in [1.54, 1.807) is 6.92 Å². The number of carbonyl (C=O) groups is 1. The number of sulfonamides is 1. The van der Waals surface area contributed by atoms with Crippen molar-refractivity contribution in [3.63, 3.8) is 0 Å². The number of aryl methyl sites for hydroxylation is 1. The van der Waals surface area contributed by atoms with E-state index in [4.69, 9.17) is 4.52 Å². The number of nitrogens with zero attached hydrogens (tertiary/aromatic N) is 3. The fraction of sp³-hybridized carbons (Fsp3) is 0.609. The first-order chi connectivity index (χ1) is 15.2. The third-order valence-electron chi connectivity index (χ3n) is 7.82. The third-order valence-corrected chi connectivity index (χ3v) is 9.04. The Bertz CT molecular complexity index is 1110. The Hall–Kier alpha value is -2.26. The Kier molecular flexibility index (Phi) is 5.16. The summed E-state index contributed by atoms with van der Waals surface area (Å²) in [6, 6.07) is 10.0. The van der Waals surface area contributed by atoms with E-state index >= 15 is 0 Å². The second-order valence-corrected chi connectivity index (χ2v) is 11.8. The second-order valence-electron chi connectivity index (χ2n) is 9.82. The smallest absolute Gasteiger partial charge is 0.234 e. The molecule has 1 saturated heterocycles. The Morgan fingerprint density at radius 3 is 2.56 bits per heavy atom. The van der Waals surface area contributed by atoms with Gasteiger partial charge in [-0.05, 0) is 44.1 Å². The first-order valence-electron chi connectivity index (χ1n) is 11.4. The van der Waals surface area contributed by atoms with E-state index in [-0.39, 0.29) is 17.9 Å². The number of hydrogen-bond acceptors (Lipinski definition) is 6. The number of amides is 1. The molecule has 2 saturated carbocycles. The van der Waals surface area contributed by atoms with E-state index in [2.05, 4.69) is 27.6 Å². The summed E-state index contributed by atoms with van der Waals surface area (Å²) in [6.45, 7) is 2.49. The van der Waals surface area contributed by atoms with Crippen LogP contribution in [0, 0.1) is 12.8 Å². The van der Waals surface area contributed by atoms with Crippen LogP contribution in [0.4, 0.5) is 0 Å². The molecule has 172 valence electrons. The van der Waals surface area contributed by atoms with E-state index in [0.29, 0.717) is 37.6 Å². The molecule has 3 aliphatic rings. The molecule has 2 aromatic rings. The van der Waals surface area contributed by atoms with Gasteiger partial charge in [0.15, 0.2) is 5.82 Å². The summed E-state index contributed by atoms with van der Waals surface area (Å²) in [5, 5.41) is 7.31. The zero-order chi connectivity index (χ0) is 22.6.